The number of nitrogens with zero attached hydrogens (tertiary/aromatic N) is 1. The van der Waals surface area contributed by atoms with Gasteiger partial charge in [0.2, 0.25) is 10.0 Å². The molecule has 1 aromatic rings. The summed E-state index contributed by atoms with van der Waals surface area (Å²) in [6.45, 7) is 1.08. The normalized spacial score (nSPS) is 29.2. The molecular weight excluding hydrogens is 360 g/mol. The minimum atomic E-state index is -3.55. The van der Waals surface area contributed by atoms with Crippen molar-refractivity contribution < 1.29 is 13.2 Å². The lowest BCUT2D eigenvalue weighted by atomic mass is 9.95. The van der Waals surface area contributed by atoms with Gasteiger partial charge in [-0.1, -0.05) is 18.0 Å². The van der Waals surface area contributed by atoms with E-state index in [4.69, 9.17) is 11.6 Å². The highest BCUT2D eigenvalue weighted by Gasteiger charge is 2.40. The minimum Gasteiger partial charge on any atom is -0.349 e. The summed E-state index contributed by atoms with van der Waals surface area (Å²) in [7, 11) is -3.55. The van der Waals surface area contributed by atoms with Crippen LogP contribution < -0.4 is 5.32 Å². The Morgan fingerprint density at radius 3 is 2.56 bits per heavy atom. The molecule has 1 aliphatic heterocycles. The zero-order valence-corrected chi connectivity index (χ0v) is 15.7. The van der Waals surface area contributed by atoms with Gasteiger partial charge in [0.15, 0.2) is 0 Å². The van der Waals surface area contributed by atoms with E-state index in [1.54, 1.807) is 0 Å². The first-order valence-corrected chi connectivity index (χ1v) is 10.9. The smallest absolute Gasteiger partial charge is 0.253 e. The molecule has 3 aliphatic rings. The monoisotopic (exact) mass is 382 g/mol. The van der Waals surface area contributed by atoms with Gasteiger partial charge in [-0.25, -0.2) is 8.42 Å². The fourth-order valence-electron chi connectivity index (χ4n) is 4.58. The topological polar surface area (TPSA) is 66.5 Å². The molecule has 0 aromatic heterocycles. The Morgan fingerprint density at radius 1 is 1.16 bits per heavy atom. The minimum absolute atomic E-state index is 0.150. The second kappa shape index (κ2) is 6.56. The first-order chi connectivity index (χ1) is 11.9. The van der Waals surface area contributed by atoms with Crippen molar-refractivity contribution >= 4 is 27.5 Å². The average molecular weight is 383 g/mol. The van der Waals surface area contributed by atoms with Gasteiger partial charge < -0.3 is 5.32 Å². The molecule has 0 radical (unpaired) electrons. The van der Waals surface area contributed by atoms with Crippen LogP contribution in [0.2, 0.25) is 5.02 Å². The molecule has 3 fully saturated rings. The fraction of sp³-hybridized carbons (Fsp3) is 0.611. The summed E-state index contributed by atoms with van der Waals surface area (Å²) in [5.41, 5.74) is 0.254. The van der Waals surface area contributed by atoms with Gasteiger partial charge in [-0.3, -0.25) is 4.79 Å². The van der Waals surface area contributed by atoms with Gasteiger partial charge in [0, 0.05) is 19.1 Å². The molecule has 25 heavy (non-hydrogen) atoms. The van der Waals surface area contributed by atoms with E-state index in [0.717, 1.165) is 25.2 Å². The van der Waals surface area contributed by atoms with E-state index in [9.17, 15) is 13.2 Å². The molecule has 7 heteroatoms. The Hall–Kier alpha value is -1.11. The van der Waals surface area contributed by atoms with Crippen molar-refractivity contribution in [2.24, 2.45) is 11.8 Å². The number of carbonyl (C=O) groups is 1. The predicted molar refractivity (Wildman–Crippen MR) is 96.1 cm³/mol. The summed E-state index contributed by atoms with van der Waals surface area (Å²) in [5.74, 6) is 1.03. The van der Waals surface area contributed by atoms with Crippen molar-refractivity contribution in [3.8, 4) is 0 Å². The third-order valence-electron chi connectivity index (χ3n) is 5.94. The number of sulfonamides is 1. The summed E-state index contributed by atoms with van der Waals surface area (Å²) in [6, 6.07) is 4.63. The zero-order chi connectivity index (χ0) is 17.6. The largest absolute Gasteiger partial charge is 0.349 e. The highest BCUT2D eigenvalue weighted by atomic mass is 35.5. The average Bonchev–Trinajstić information content (AvgIpc) is 3.33. The fourth-order valence-corrected chi connectivity index (χ4v) is 6.33. The molecule has 3 unspecified atom stereocenters. The number of fused-ring (bicyclic) bond motifs is 2. The summed E-state index contributed by atoms with van der Waals surface area (Å²) in [4.78, 5) is 12.8. The molecule has 0 spiro atoms. The predicted octanol–water partition coefficient (Wildman–Crippen LogP) is 3.04. The maximum Gasteiger partial charge on any atom is 0.253 e. The van der Waals surface area contributed by atoms with E-state index in [-0.39, 0.29) is 22.4 Å². The molecule has 3 atom stereocenters. The molecule has 136 valence electrons. The third-order valence-corrected chi connectivity index (χ3v) is 8.16. The van der Waals surface area contributed by atoms with Crippen molar-refractivity contribution in [1.82, 2.24) is 9.62 Å². The summed E-state index contributed by atoms with van der Waals surface area (Å²) < 4.78 is 26.9. The van der Waals surface area contributed by atoms with E-state index in [1.165, 1.54) is 41.8 Å². The van der Waals surface area contributed by atoms with Crippen LogP contribution >= 0.6 is 11.6 Å². The van der Waals surface area contributed by atoms with Gasteiger partial charge in [-0.15, -0.1) is 0 Å². The highest BCUT2D eigenvalue weighted by Crippen LogP contribution is 2.44. The SMILES string of the molecule is O=C(NC1CC2CCC1C2)c1cc(S(=O)(=O)N2CCCC2)ccc1Cl. The maximum atomic E-state index is 12.7. The van der Waals surface area contributed by atoms with E-state index < -0.39 is 10.0 Å². The number of hydrogen-bond donors (Lipinski definition) is 1. The summed E-state index contributed by atoms with van der Waals surface area (Å²) >= 11 is 6.20. The number of halogens is 1. The van der Waals surface area contributed by atoms with E-state index in [2.05, 4.69) is 5.32 Å². The lowest BCUT2D eigenvalue weighted by Gasteiger charge is -2.23. The van der Waals surface area contributed by atoms with Crippen LogP contribution in [-0.2, 0) is 10.0 Å². The molecule has 2 saturated carbocycles. The number of rotatable bonds is 4. The van der Waals surface area contributed by atoms with Crippen LogP contribution in [0.25, 0.3) is 0 Å². The van der Waals surface area contributed by atoms with Crippen LogP contribution in [0.3, 0.4) is 0 Å². The Morgan fingerprint density at radius 2 is 1.92 bits per heavy atom. The molecule has 1 saturated heterocycles. The first-order valence-electron chi connectivity index (χ1n) is 9.06. The third kappa shape index (κ3) is 3.20. The van der Waals surface area contributed by atoms with E-state index in [0.29, 0.717) is 24.0 Å². The Labute approximate surface area is 153 Å². The molecule has 1 heterocycles. The van der Waals surface area contributed by atoms with Crippen LogP contribution in [0, 0.1) is 11.8 Å². The molecule has 2 aliphatic carbocycles. The van der Waals surface area contributed by atoms with E-state index in [1.807, 2.05) is 0 Å². The number of hydrogen-bond acceptors (Lipinski definition) is 3. The second-order valence-corrected chi connectivity index (χ2v) is 9.85. The number of benzene rings is 1. The van der Waals surface area contributed by atoms with Crippen LogP contribution in [0.15, 0.2) is 23.1 Å². The zero-order valence-electron chi connectivity index (χ0n) is 14.1. The molecule has 1 N–H and O–H groups in total. The highest BCUT2D eigenvalue weighted by molar-refractivity contribution is 7.89. The number of carbonyl (C=O) groups excluding carboxylic acids is 1. The quantitative estimate of drug-likeness (QED) is 0.870. The molecule has 5 nitrogen and oxygen atoms in total. The molecule has 4 rings (SSSR count). The standard InChI is InChI=1S/C18H23ClN2O3S/c19-16-6-5-14(25(23,24)21-7-1-2-8-21)11-15(16)18(22)20-17-10-12-3-4-13(17)9-12/h5-6,11-13,17H,1-4,7-10H2,(H,20,22). The first kappa shape index (κ1) is 17.3. The van der Waals surface area contributed by atoms with Crippen molar-refractivity contribution in [1.29, 1.82) is 0 Å². The van der Waals surface area contributed by atoms with Crippen LogP contribution in [0.4, 0.5) is 0 Å². The second-order valence-electron chi connectivity index (χ2n) is 7.51. The Bertz CT molecular complexity index is 790. The summed E-state index contributed by atoms with van der Waals surface area (Å²) in [5, 5.41) is 3.38. The van der Waals surface area contributed by atoms with Crippen LogP contribution in [0.5, 0.6) is 0 Å². The Balaban J connectivity index is 1.56. The van der Waals surface area contributed by atoms with Gasteiger partial charge in [0.05, 0.1) is 15.5 Å². The Kier molecular flexibility index (Phi) is 4.54. The molecular formula is C18H23ClN2O3S. The van der Waals surface area contributed by atoms with Crippen LogP contribution in [0.1, 0.15) is 48.9 Å². The van der Waals surface area contributed by atoms with Gasteiger partial charge in [-0.2, -0.15) is 4.31 Å². The summed E-state index contributed by atoms with van der Waals surface area (Å²) in [6.07, 6.45) is 6.42. The maximum absolute atomic E-state index is 12.7. The van der Waals surface area contributed by atoms with Crippen molar-refractivity contribution in [3.05, 3.63) is 28.8 Å². The van der Waals surface area contributed by atoms with Gasteiger partial charge in [0.25, 0.3) is 5.91 Å². The van der Waals surface area contributed by atoms with Gasteiger partial charge in [0.1, 0.15) is 0 Å². The van der Waals surface area contributed by atoms with Crippen molar-refractivity contribution in [2.45, 2.75) is 49.5 Å². The van der Waals surface area contributed by atoms with Crippen molar-refractivity contribution in [2.75, 3.05) is 13.1 Å². The van der Waals surface area contributed by atoms with Gasteiger partial charge >= 0.3 is 0 Å². The lowest BCUT2D eigenvalue weighted by molar-refractivity contribution is 0.0923. The molecule has 1 aromatic carbocycles. The number of nitrogens with one attached hydrogen (secondary N) is 1. The van der Waals surface area contributed by atoms with Gasteiger partial charge in [-0.05, 0) is 62.1 Å². The lowest BCUT2D eigenvalue weighted by Crippen LogP contribution is -2.38. The van der Waals surface area contributed by atoms with E-state index >= 15 is 0 Å². The molecule has 2 bridgehead atoms. The number of amides is 1. The van der Waals surface area contributed by atoms with Crippen molar-refractivity contribution in [3.63, 3.8) is 0 Å². The van der Waals surface area contributed by atoms with Crippen LogP contribution in [-0.4, -0.2) is 37.8 Å². The molecule has 1 amide bonds.